The predicted molar refractivity (Wildman–Crippen MR) is 81.0 cm³/mol. The quantitative estimate of drug-likeness (QED) is 0.633. The van der Waals surface area contributed by atoms with E-state index in [2.05, 4.69) is 11.4 Å². The van der Waals surface area contributed by atoms with E-state index in [-0.39, 0.29) is 16.6 Å². The van der Waals surface area contributed by atoms with E-state index < -0.39 is 20.5 Å². The van der Waals surface area contributed by atoms with Crippen LogP contribution in [0.25, 0.3) is 0 Å². The maximum Gasteiger partial charge on any atom is 0.269 e. The van der Waals surface area contributed by atoms with Gasteiger partial charge in [-0.15, -0.1) is 0 Å². The Balaban J connectivity index is 2.00. The van der Waals surface area contributed by atoms with E-state index >= 15 is 0 Å². The Labute approximate surface area is 133 Å². The van der Waals surface area contributed by atoms with E-state index in [0.717, 1.165) is 0 Å². The number of benzene rings is 1. The molecule has 23 heavy (non-hydrogen) atoms. The number of nitrogens with one attached hydrogen (secondary N) is 1. The summed E-state index contributed by atoms with van der Waals surface area (Å²) < 4.78 is 27.4. The van der Waals surface area contributed by atoms with Crippen molar-refractivity contribution < 1.29 is 13.3 Å². The van der Waals surface area contributed by atoms with Crippen LogP contribution in [-0.2, 0) is 10.0 Å². The molecular weight excluding hydrogens is 320 g/mol. The lowest BCUT2D eigenvalue weighted by Gasteiger charge is -2.31. The summed E-state index contributed by atoms with van der Waals surface area (Å²) in [7, 11) is -3.89. The van der Waals surface area contributed by atoms with E-state index in [1.807, 2.05) is 0 Å². The fourth-order valence-electron chi connectivity index (χ4n) is 2.97. The second-order valence-electron chi connectivity index (χ2n) is 5.84. The number of sulfonamides is 1. The number of hydrogen-bond donors (Lipinski definition) is 1. The summed E-state index contributed by atoms with van der Waals surface area (Å²) >= 11 is 0. The van der Waals surface area contributed by atoms with Gasteiger partial charge >= 0.3 is 0 Å². The van der Waals surface area contributed by atoms with Gasteiger partial charge in [0.15, 0.2) is 0 Å². The molecule has 0 bridgehead atoms. The van der Waals surface area contributed by atoms with Crippen LogP contribution in [0.15, 0.2) is 29.2 Å². The summed E-state index contributed by atoms with van der Waals surface area (Å²) in [6, 6.07) is 6.69. The molecular formula is C14H16N4O4S. The fourth-order valence-corrected chi connectivity index (χ4v) is 4.93. The summed E-state index contributed by atoms with van der Waals surface area (Å²) in [6.45, 7) is 1.22. The molecule has 1 heterocycles. The highest BCUT2D eigenvalue weighted by Crippen LogP contribution is 2.46. The van der Waals surface area contributed by atoms with Crippen molar-refractivity contribution in [1.82, 2.24) is 9.62 Å². The molecule has 1 saturated heterocycles. The monoisotopic (exact) mass is 336 g/mol. The molecule has 1 N–H and O–H groups in total. The van der Waals surface area contributed by atoms with Crippen molar-refractivity contribution >= 4 is 15.7 Å². The number of nitrogens with zero attached hydrogens (tertiary/aromatic N) is 3. The third-order valence-electron chi connectivity index (χ3n) is 4.32. The van der Waals surface area contributed by atoms with Crippen LogP contribution in [-0.4, -0.2) is 42.3 Å². The highest BCUT2D eigenvalue weighted by Gasteiger charge is 2.56. The number of hydrogen-bond acceptors (Lipinski definition) is 6. The average Bonchev–Trinajstić information content (AvgIpc) is 3.13. The number of rotatable bonds is 5. The smallest absolute Gasteiger partial charge is 0.269 e. The van der Waals surface area contributed by atoms with E-state index in [9.17, 15) is 23.8 Å². The van der Waals surface area contributed by atoms with Gasteiger partial charge in [-0.1, -0.05) is 0 Å². The minimum atomic E-state index is -3.89. The summed E-state index contributed by atoms with van der Waals surface area (Å²) in [5.41, 5.74) is -1.14. The SMILES string of the molecule is N#CC1(N([C@@H]2CCNC2)S(=O)(=O)c2ccc([N+](=O)[O-])cc2)CC1. The Kier molecular flexibility index (Phi) is 3.83. The Morgan fingerprint density at radius 1 is 1.35 bits per heavy atom. The molecule has 0 radical (unpaired) electrons. The van der Waals surface area contributed by atoms with Gasteiger partial charge in [0.05, 0.1) is 15.9 Å². The molecule has 122 valence electrons. The molecule has 2 fully saturated rings. The van der Waals surface area contributed by atoms with Gasteiger partial charge in [0.2, 0.25) is 10.0 Å². The largest absolute Gasteiger partial charge is 0.315 e. The number of nitro groups is 1. The Morgan fingerprint density at radius 3 is 2.43 bits per heavy atom. The standard InChI is InChI=1S/C14H16N4O4S/c15-10-14(6-7-14)17(12-5-8-16-9-12)23(21,22)13-3-1-11(2-4-13)18(19)20/h1-4,12,16H,5-9H2/t12-/m1/s1. The molecule has 0 unspecified atom stereocenters. The Hall–Kier alpha value is -2.02. The molecule has 1 atom stereocenters. The summed E-state index contributed by atoms with van der Waals surface area (Å²) in [5.74, 6) is 0. The molecule has 3 rings (SSSR count). The van der Waals surface area contributed by atoms with Crippen LogP contribution < -0.4 is 5.32 Å². The van der Waals surface area contributed by atoms with E-state index in [1.165, 1.54) is 28.6 Å². The third kappa shape index (κ3) is 2.69. The number of non-ortho nitro benzene ring substituents is 1. The van der Waals surface area contributed by atoms with Gasteiger partial charge in [0.1, 0.15) is 5.54 Å². The lowest BCUT2D eigenvalue weighted by atomic mass is 10.2. The Morgan fingerprint density at radius 2 is 2.00 bits per heavy atom. The van der Waals surface area contributed by atoms with Crippen molar-refractivity contribution in [2.75, 3.05) is 13.1 Å². The molecule has 0 spiro atoms. The molecule has 8 nitrogen and oxygen atoms in total. The molecule has 1 aromatic carbocycles. The van der Waals surface area contributed by atoms with Crippen molar-refractivity contribution in [3.05, 3.63) is 34.4 Å². The molecule has 1 aliphatic carbocycles. The van der Waals surface area contributed by atoms with E-state index in [4.69, 9.17) is 0 Å². The van der Waals surface area contributed by atoms with Crippen LogP contribution in [0.3, 0.4) is 0 Å². The number of nitro benzene ring substituents is 1. The normalized spacial score (nSPS) is 22.7. The molecule has 0 aromatic heterocycles. The zero-order chi connectivity index (χ0) is 16.7. The lowest BCUT2D eigenvalue weighted by molar-refractivity contribution is -0.384. The van der Waals surface area contributed by atoms with Crippen LogP contribution in [0, 0.1) is 21.4 Å². The molecule has 1 aromatic rings. The Bertz CT molecular complexity index is 759. The molecule has 1 aliphatic heterocycles. The van der Waals surface area contributed by atoms with Gasteiger partial charge in [-0.05, 0) is 37.9 Å². The van der Waals surface area contributed by atoms with Gasteiger partial charge in [0.25, 0.3) is 5.69 Å². The first-order valence-corrected chi connectivity index (χ1v) is 8.76. The zero-order valence-electron chi connectivity index (χ0n) is 12.3. The van der Waals surface area contributed by atoms with Gasteiger partial charge in [-0.25, -0.2) is 8.42 Å². The van der Waals surface area contributed by atoms with Crippen molar-refractivity contribution in [3.8, 4) is 6.07 Å². The van der Waals surface area contributed by atoms with E-state index in [0.29, 0.717) is 32.4 Å². The van der Waals surface area contributed by atoms with Crippen LogP contribution in [0.4, 0.5) is 5.69 Å². The van der Waals surface area contributed by atoms with Gasteiger partial charge in [-0.2, -0.15) is 9.57 Å². The molecule has 1 saturated carbocycles. The molecule has 9 heteroatoms. The minimum Gasteiger partial charge on any atom is -0.315 e. The zero-order valence-corrected chi connectivity index (χ0v) is 13.1. The summed E-state index contributed by atoms with van der Waals surface area (Å²) in [6.07, 6.45) is 1.69. The highest BCUT2D eigenvalue weighted by atomic mass is 32.2. The predicted octanol–water partition coefficient (Wildman–Crippen LogP) is 1.00. The van der Waals surface area contributed by atoms with Gasteiger partial charge in [-0.3, -0.25) is 10.1 Å². The topological polar surface area (TPSA) is 116 Å². The second-order valence-corrected chi connectivity index (χ2v) is 7.66. The second kappa shape index (κ2) is 5.56. The first kappa shape index (κ1) is 15.9. The van der Waals surface area contributed by atoms with Gasteiger partial charge in [0, 0.05) is 24.7 Å². The van der Waals surface area contributed by atoms with E-state index in [1.54, 1.807) is 0 Å². The van der Waals surface area contributed by atoms with Crippen LogP contribution in [0.1, 0.15) is 19.3 Å². The first-order valence-electron chi connectivity index (χ1n) is 7.32. The average molecular weight is 336 g/mol. The van der Waals surface area contributed by atoms with Crippen LogP contribution in [0.5, 0.6) is 0 Å². The van der Waals surface area contributed by atoms with Crippen molar-refractivity contribution in [2.24, 2.45) is 0 Å². The maximum atomic E-state index is 13.0. The van der Waals surface area contributed by atoms with Crippen molar-refractivity contribution in [2.45, 2.75) is 35.7 Å². The van der Waals surface area contributed by atoms with Crippen LogP contribution >= 0.6 is 0 Å². The molecule has 0 amide bonds. The fraction of sp³-hybridized carbons (Fsp3) is 0.500. The summed E-state index contributed by atoms with van der Waals surface area (Å²) in [4.78, 5) is 10.1. The third-order valence-corrected chi connectivity index (χ3v) is 6.36. The van der Waals surface area contributed by atoms with Crippen molar-refractivity contribution in [1.29, 1.82) is 5.26 Å². The highest BCUT2D eigenvalue weighted by molar-refractivity contribution is 7.89. The van der Waals surface area contributed by atoms with Gasteiger partial charge < -0.3 is 5.32 Å². The van der Waals surface area contributed by atoms with Crippen molar-refractivity contribution in [3.63, 3.8) is 0 Å². The first-order chi connectivity index (χ1) is 10.9. The summed E-state index contributed by atoms with van der Waals surface area (Å²) in [5, 5.41) is 23.3. The minimum absolute atomic E-state index is 0.0171. The van der Waals surface area contributed by atoms with Crippen LogP contribution in [0.2, 0.25) is 0 Å². The lowest BCUT2D eigenvalue weighted by Crippen LogP contribution is -2.49. The maximum absolute atomic E-state index is 13.0. The molecule has 2 aliphatic rings. The number of nitriles is 1.